The number of amides is 1. The largest absolute Gasteiger partial charge is 0.465 e. The minimum Gasteiger partial charge on any atom is -0.465 e. The molecule has 1 aromatic carbocycles. The van der Waals surface area contributed by atoms with Crippen molar-refractivity contribution in [3.63, 3.8) is 0 Å². The summed E-state index contributed by atoms with van der Waals surface area (Å²) in [7, 11) is -3.75. The SMILES string of the molecule is O=C(O)NCc1ccc(S(=O)(=O)c2ccc(F)c(Br)c2)s1. The van der Waals surface area contributed by atoms with Gasteiger partial charge < -0.3 is 10.4 Å². The van der Waals surface area contributed by atoms with Crippen molar-refractivity contribution in [2.75, 3.05) is 0 Å². The Morgan fingerprint density at radius 3 is 2.67 bits per heavy atom. The molecule has 0 fully saturated rings. The molecular formula is C12H9BrFNO4S2. The van der Waals surface area contributed by atoms with Gasteiger partial charge in [0.25, 0.3) is 0 Å². The van der Waals surface area contributed by atoms with Crippen molar-refractivity contribution in [3.8, 4) is 0 Å². The van der Waals surface area contributed by atoms with E-state index in [-0.39, 0.29) is 20.1 Å². The highest BCUT2D eigenvalue weighted by Gasteiger charge is 2.21. The van der Waals surface area contributed by atoms with Gasteiger partial charge in [-0.3, -0.25) is 0 Å². The molecule has 1 heterocycles. The van der Waals surface area contributed by atoms with Crippen LogP contribution in [0, 0.1) is 5.82 Å². The predicted molar refractivity (Wildman–Crippen MR) is 78.7 cm³/mol. The van der Waals surface area contributed by atoms with Gasteiger partial charge in [-0.25, -0.2) is 17.6 Å². The van der Waals surface area contributed by atoms with Crippen molar-refractivity contribution >= 4 is 43.2 Å². The van der Waals surface area contributed by atoms with E-state index in [1.54, 1.807) is 0 Å². The molecule has 21 heavy (non-hydrogen) atoms. The molecule has 0 atom stereocenters. The van der Waals surface area contributed by atoms with E-state index in [0.717, 1.165) is 17.4 Å². The third-order valence-electron chi connectivity index (χ3n) is 2.52. The Labute approximate surface area is 132 Å². The minimum absolute atomic E-state index is 0.0304. The lowest BCUT2D eigenvalue weighted by atomic mass is 10.3. The second-order valence-corrected chi connectivity index (χ2v) is 8.16. The maximum absolute atomic E-state index is 13.2. The maximum Gasteiger partial charge on any atom is 0.404 e. The number of rotatable bonds is 4. The van der Waals surface area contributed by atoms with Crippen LogP contribution in [-0.4, -0.2) is 19.6 Å². The Morgan fingerprint density at radius 1 is 1.33 bits per heavy atom. The average Bonchev–Trinajstić information content (AvgIpc) is 2.89. The van der Waals surface area contributed by atoms with E-state index in [0.29, 0.717) is 4.88 Å². The van der Waals surface area contributed by atoms with Crippen LogP contribution < -0.4 is 5.32 Å². The normalized spacial score (nSPS) is 11.3. The highest BCUT2D eigenvalue weighted by molar-refractivity contribution is 9.10. The highest BCUT2D eigenvalue weighted by atomic mass is 79.9. The number of thiophene rings is 1. The molecule has 2 N–H and O–H groups in total. The average molecular weight is 394 g/mol. The van der Waals surface area contributed by atoms with Crippen LogP contribution >= 0.6 is 27.3 Å². The first-order chi connectivity index (χ1) is 9.80. The van der Waals surface area contributed by atoms with Gasteiger partial charge in [-0.2, -0.15) is 0 Å². The summed E-state index contributed by atoms with van der Waals surface area (Å²) in [5.74, 6) is -0.550. The summed E-state index contributed by atoms with van der Waals surface area (Å²) >= 11 is 3.91. The van der Waals surface area contributed by atoms with Crippen molar-refractivity contribution in [3.05, 3.63) is 45.5 Å². The molecule has 0 bridgehead atoms. The van der Waals surface area contributed by atoms with Gasteiger partial charge in [0.2, 0.25) is 9.84 Å². The molecule has 1 amide bonds. The zero-order valence-electron chi connectivity index (χ0n) is 10.3. The fourth-order valence-corrected chi connectivity index (χ4v) is 4.77. The molecule has 9 heteroatoms. The van der Waals surface area contributed by atoms with Crippen LogP contribution in [0.3, 0.4) is 0 Å². The molecule has 0 unspecified atom stereocenters. The first-order valence-electron chi connectivity index (χ1n) is 5.56. The van der Waals surface area contributed by atoms with Gasteiger partial charge in [0.05, 0.1) is 15.9 Å². The van der Waals surface area contributed by atoms with Gasteiger partial charge in [-0.15, -0.1) is 11.3 Å². The van der Waals surface area contributed by atoms with Gasteiger partial charge in [-0.05, 0) is 46.3 Å². The predicted octanol–water partition coefficient (Wildman–Crippen LogP) is 3.25. The van der Waals surface area contributed by atoms with Gasteiger partial charge in [0, 0.05) is 4.88 Å². The minimum atomic E-state index is -3.75. The number of carboxylic acid groups (broad SMARTS) is 1. The van der Waals surface area contributed by atoms with Crippen LogP contribution in [0.25, 0.3) is 0 Å². The molecule has 0 aliphatic heterocycles. The molecular weight excluding hydrogens is 385 g/mol. The monoisotopic (exact) mass is 393 g/mol. The lowest BCUT2D eigenvalue weighted by Crippen LogP contribution is -2.19. The van der Waals surface area contributed by atoms with E-state index < -0.39 is 21.7 Å². The van der Waals surface area contributed by atoms with Crippen LogP contribution in [0.1, 0.15) is 4.88 Å². The zero-order chi connectivity index (χ0) is 15.6. The van der Waals surface area contributed by atoms with E-state index >= 15 is 0 Å². The number of hydrogen-bond acceptors (Lipinski definition) is 4. The fraction of sp³-hybridized carbons (Fsp3) is 0.0833. The second kappa shape index (κ2) is 6.12. The Morgan fingerprint density at radius 2 is 2.05 bits per heavy atom. The van der Waals surface area contributed by atoms with Crippen molar-refractivity contribution in [2.24, 2.45) is 0 Å². The number of carbonyl (C=O) groups is 1. The summed E-state index contributed by atoms with van der Waals surface area (Å²) in [6.45, 7) is 0.0304. The summed E-state index contributed by atoms with van der Waals surface area (Å²) in [6.07, 6.45) is -1.18. The lowest BCUT2D eigenvalue weighted by Gasteiger charge is -2.03. The molecule has 5 nitrogen and oxygen atoms in total. The summed E-state index contributed by atoms with van der Waals surface area (Å²) in [6, 6.07) is 6.38. The highest BCUT2D eigenvalue weighted by Crippen LogP contribution is 2.29. The van der Waals surface area contributed by atoms with Crippen molar-refractivity contribution in [1.82, 2.24) is 5.32 Å². The fourth-order valence-electron chi connectivity index (χ4n) is 1.52. The Balaban J connectivity index is 2.31. The Bertz CT molecular complexity index is 788. The van der Waals surface area contributed by atoms with Gasteiger partial charge >= 0.3 is 6.09 Å². The van der Waals surface area contributed by atoms with Crippen LogP contribution in [0.5, 0.6) is 0 Å². The molecule has 1 aromatic heterocycles. The topological polar surface area (TPSA) is 83.5 Å². The smallest absolute Gasteiger partial charge is 0.404 e. The summed E-state index contributed by atoms with van der Waals surface area (Å²) in [5, 5.41) is 10.7. The van der Waals surface area contributed by atoms with Crippen LogP contribution in [0.15, 0.2) is 43.9 Å². The maximum atomic E-state index is 13.2. The second-order valence-electron chi connectivity index (χ2n) is 3.96. The van der Waals surface area contributed by atoms with Crippen LogP contribution in [-0.2, 0) is 16.4 Å². The van der Waals surface area contributed by atoms with Crippen molar-refractivity contribution < 1.29 is 22.7 Å². The molecule has 0 saturated heterocycles. The Hall–Kier alpha value is -1.45. The first-order valence-corrected chi connectivity index (χ1v) is 8.65. The standard InChI is InChI=1S/C12H9BrFNO4S2/c13-9-5-8(2-3-10(9)14)21(18,19)11-4-1-7(20-11)6-15-12(16)17/h1-5,15H,6H2,(H,16,17). The van der Waals surface area contributed by atoms with E-state index in [4.69, 9.17) is 5.11 Å². The zero-order valence-corrected chi connectivity index (χ0v) is 13.6. The van der Waals surface area contributed by atoms with E-state index in [9.17, 15) is 17.6 Å². The van der Waals surface area contributed by atoms with E-state index in [1.165, 1.54) is 24.3 Å². The van der Waals surface area contributed by atoms with Crippen LogP contribution in [0.4, 0.5) is 9.18 Å². The third-order valence-corrected chi connectivity index (χ3v) is 6.45. The molecule has 2 aromatic rings. The van der Waals surface area contributed by atoms with E-state index in [1.807, 2.05) is 0 Å². The molecule has 112 valence electrons. The first kappa shape index (κ1) is 15.9. The van der Waals surface area contributed by atoms with Gasteiger partial charge in [-0.1, -0.05) is 0 Å². The summed E-state index contributed by atoms with van der Waals surface area (Å²) < 4.78 is 38.1. The third kappa shape index (κ3) is 3.60. The molecule has 0 aliphatic carbocycles. The van der Waals surface area contributed by atoms with Crippen molar-refractivity contribution in [2.45, 2.75) is 15.6 Å². The number of halogens is 2. The number of sulfone groups is 1. The molecule has 0 radical (unpaired) electrons. The summed E-state index contributed by atoms with van der Waals surface area (Å²) in [4.78, 5) is 10.9. The number of benzene rings is 1. The van der Waals surface area contributed by atoms with E-state index in [2.05, 4.69) is 21.2 Å². The van der Waals surface area contributed by atoms with Crippen molar-refractivity contribution in [1.29, 1.82) is 0 Å². The quantitative estimate of drug-likeness (QED) is 0.780. The molecule has 0 aliphatic rings. The van der Waals surface area contributed by atoms with Gasteiger partial charge in [0.15, 0.2) is 0 Å². The molecule has 0 saturated carbocycles. The van der Waals surface area contributed by atoms with Gasteiger partial charge in [0.1, 0.15) is 10.0 Å². The summed E-state index contributed by atoms with van der Waals surface area (Å²) in [5.41, 5.74) is 0. The number of nitrogens with one attached hydrogen (secondary N) is 1. The molecule has 2 rings (SSSR count). The Kier molecular flexibility index (Phi) is 4.64. The van der Waals surface area contributed by atoms with Crippen LogP contribution in [0.2, 0.25) is 0 Å². The number of hydrogen-bond donors (Lipinski definition) is 2. The molecule has 0 spiro atoms. The lowest BCUT2D eigenvalue weighted by molar-refractivity contribution is 0.194.